The molecule has 6 heteroatoms. The van der Waals surface area contributed by atoms with E-state index in [1.54, 1.807) is 37.5 Å². The summed E-state index contributed by atoms with van der Waals surface area (Å²) < 4.78 is 11.1. The Morgan fingerprint density at radius 3 is 2.69 bits per heavy atom. The first-order chi connectivity index (χ1) is 12.5. The first kappa shape index (κ1) is 19.7. The molecule has 5 nitrogen and oxygen atoms in total. The predicted octanol–water partition coefficient (Wildman–Crippen LogP) is 4.68. The summed E-state index contributed by atoms with van der Waals surface area (Å²) in [5, 5.41) is 2.73. The fourth-order valence-corrected chi connectivity index (χ4v) is 2.70. The van der Waals surface area contributed by atoms with E-state index in [2.05, 4.69) is 21.2 Å². The van der Waals surface area contributed by atoms with Gasteiger partial charge in [-0.25, -0.2) is 4.79 Å². The van der Waals surface area contributed by atoms with Crippen LogP contribution in [0.2, 0.25) is 0 Å². The number of halogens is 1. The van der Waals surface area contributed by atoms with Gasteiger partial charge in [0.1, 0.15) is 5.75 Å². The topological polar surface area (TPSA) is 64.6 Å². The van der Waals surface area contributed by atoms with Crippen molar-refractivity contribution in [2.75, 3.05) is 19.0 Å². The second-order valence-electron chi connectivity index (χ2n) is 5.43. The molecule has 0 atom stereocenters. The Balaban J connectivity index is 2.01. The number of esters is 1. The van der Waals surface area contributed by atoms with Crippen LogP contribution in [0, 0.1) is 0 Å². The van der Waals surface area contributed by atoms with Gasteiger partial charge in [0, 0.05) is 11.8 Å². The number of methoxy groups -OCH3 is 1. The molecule has 0 saturated heterocycles. The van der Waals surface area contributed by atoms with E-state index in [1.165, 1.54) is 6.08 Å². The summed E-state index contributed by atoms with van der Waals surface area (Å²) in [5.41, 5.74) is 1.78. The van der Waals surface area contributed by atoms with Crippen LogP contribution in [0.4, 0.5) is 5.69 Å². The molecule has 26 heavy (non-hydrogen) atoms. The number of benzene rings is 2. The van der Waals surface area contributed by atoms with Crippen LogP contribution < -0.4 is 10.1 Å². The molecule has 0 aliphatic carbocycles. The average molecular weight is 418 g/mol. The van der Waals surface area contributed by atoms with Gasteiger partial charge in [-0.15, -0.1) is 0 Å². The van der Waals surface area contributed by atoms with Crippen molar-refractivity contribution in [3.8, 4) is 5.75 Å². The van der Waals surface area contributed by atoms with Gasteiger partial charge in [0.15, 0.2) is 0 Å². The molecule has 2 aromatic carbocycles. The lowest BCUT2D eigenvalue weighted by molar-refractivity contribution is -0.111. The monoisotopic (exact) mass is 417 g/mol. The highest BCUT2D eigenvalue weighted by atomic mass is 79.9. The summed E-state index contributed by atoms with van der Waals surface area (Å²) in [5.74, 6) is 0.0240. The van der Waals surface area contributed by atoms with Crippen molar-refractivity contribution < 1.29 is 19.1 Å². The Bertz CT molecular complexity index is 817. The molecule has 0 fully saturated rings. The number of carbonyl (C=O) groups excluding carboxylic acids is 2. The summed E-state index contributed by atoms with van der Waals surface area (Å²) in [4.78, 5) is 24.0. The van der Waals surface area contributed by atoms with Crippen LogP contribution in [0.1, 0.15) is 29.3 Å². The molecule has 0 saturated carbocycles. The molecule has 0 aromatic heterocycles. The minimum absolute atomic E-state index is 0.295. The predicted molar refractivity (Wildman–Crippen MR) is 105 cm³/mol. The highest BCUT2D eigenvalue weighted by Crippen LogP contribution is 2.26. The maximum absolute atomic E-state index is 12.1. The first-order valence-corrected chi connectivity index (χ1v) is 8.92. The number of rotatable bonds is 7. The van der Waals surface area contributed by atoms with Crippen LogP contribution in [0.3, 0.4) is 0 Å². The molecule has 1 amide bonds. The van der Waals surface area contributed by atoms with E-state index in [-0.39, 0.29) is 5.91 Å². The van der Waals surface area contributed by atoms with E-state index in [9.17, 15) is 9.59 Å². The van der Waals surface area contributed by atoms with Crippen molar-refractivity contribution in [2.24, 2.45) is 0 Å². The molecule has 0 spiro atoms. The lowest BCUT2D eigenvalue weighted by Crippen LogP contribution is -2.10. The van der Waals surface area contributed by atoms with Crippen molar-refractivity contribution in [3.05, 3.63) is 64.1 Å². The Labute approximate surface area is 161 Å². The number of hydrogen-bond donors (Lipinski definition) is 1. The lowest BCUT2D eigenvalue weighted by atomic mass is 10.2. The van der Waals surface area contributed by atoms with Crippen LogP contribution >= 0.6 is 15.9 Å². The van der Waals surface area contributed by atoms with Crippen molar-refractivity contribution >= 4 is 39.6 Å². The molecule has 136 valence electrons. The maximum Gasteiger partial charge on any atom is 0.338 e. The summed E-state index contributed by atoms with van der Waals surface area (Å²) in [6.45, 7) is 2.30. The Morgan fingerprint density at radius 2 is 2.00 bits per heavy atom. The molecule has 0 aliphatic rings. The van der Waals surface area contributed by atoms with Crippen molar-refractivity contribution in [3.63, 3.8) is 0 Å². The van der Waals surface area contributed by atoms with Gasteiger partial charge in [-0.1, -0.05) is 19.1 Å². The first-order valence-electron chi connectivity index (χ1n) is 8.13. The van der Waals surface area contributed by atoms with E-state index in [0.717, 1.165) is 22.2 Å². The van der Waals surface area contributed by atoms with Gasteiger partial charge in [0.05, 0.1) is 23.8 Å². The molecule has 0 aliphatic heterocycles. The third kappa shape index (κ3) is 5.74. The van der Waals surface area contributed by atoms with Crippen LogP contribution in [-0.2, 0) is 9.53 Å². The standard InChI is InChI=1S/C20H20BrNO4/c1-3-11-26-20(24)15-5-4-6-16(13-15)22-19(23)10-8-14-7-9-18(25-2)17(21)12-14/h4-10,12-13H,3,11H2,1-2H3,(H,22,23)/b10-8+. The number of amides is 1. The van der Waals surface area contributed by atoms with Crippen molar-refractivity contribution in [1.82, 2.24) is 0 Å². The summed E-state index contributed by atoms with van der Waals surface area (Å²) in [6.07, 6.45) is 3.88. The molecule has 1 N–H and O–H groups in total. The lowest BCUT2D eigenvalue weighted by Gasteiger charge is -2.06. The Morgan fingerprint density at radius 1 is 1.19 bits per heavy atom. The third-order valence-electron chi connectivity index (χ3n) is 3.41. The zero-order valence-electron chi connectivity index (χ0n) is 14.6. The van der Waals surface area contributed by atoms with E-state index >= 15 is 0 Å². The average Bonchev–Trinajstić information content (AvgIpc) is 2.64. The maximum atomic E-state index is 12.1. The fraction of sp³-hybridized carbons (Fsp3) is 0.200. The molecule has 2 rings (SSSR count). The van der Waals surface area contributed by atoms with Gasteiger partial charge in [-0.3, -0.25) is 4.79 Å². The van der Waals surface area contributed by atoms with Gasteiger partial charge >= 0.3 is 5.97 Å². The second kappa shape index (κ2) is 9.77. The van der Waals surface area contributed by atoms with E-state index in [1.807, 2.05) is 25.1 Å². The molecule has 0 unspecified atom stereocenters. The summed E-state index contributed by atoms with van der Waals surface area (Å²) in [7, 11) is 1.59. The van der Waals surface area contributed by atoms with Crippen LogP contribution in [0.25, 0.3) is 6.08 Å². The van der Waals surface area contributed by atoms with Gasteiger partial charge < -0.3 is 14.8 Å². The fourth-order valence-electron chi connectivity index (χ4n) is 2.14. The van der Waals surface area contributed by atoms with Gasteiger partial charge in [0.25, 0.3) is 0 Å². The summed E-state index contributed by atoms with van der Waals surface area (Å²) >= 11 is 3.40. The number of ether oxygens (including phenoxy) is 2. The highest BCUT2D eigenvalue weighted by molar-refractivity contribution is 9.10. The highest BCUT2D eigenvalue weighted by Gasteiger charge is 2.08. The minimum atomic E-state index is -0.401. The number of nitrogens with one attached hydrogen (secondary N) is 1. The molecule has 0 radical (unpaired) electrons. The largest absolute Gasteiger partial charge is 0.496 e. The van der Waals surface area contributed by atoms with Crippen molar-refractivity contribution in [2.45, 2.75) is 13.3 Å². The Kier molecular flexibility index (Phi) is 7.41. The third-order valence-corrected chi connectivity index (χ3v) is 4.03. The van der Waals surface area contributed by atoms with E-state index in [4.69, 9.17) is 9.47 Å². The number of carbonyl (C=O) groups is 2. The molecule has 0 heterocycles. The van der Waals surface area contributed by atoms with E-state index in [0.29, 0.717) is 17.9 Å². The molecule has 2 aromatic rings. The van der Waals surface area contributed by atoms with Gasteiger partial charge in [-0.05, 0) is 64.3 Å². The van der Waals surface area contributed by atoms with Crippen LogP contribution in [-0.4, -0.2) is 25.6 Å². The SMILES string of the molecule is CCCOC(=O)c1cccc(NC(=O)/C=C/c2ccc(OC)c(Br)c2)c1. The minimum Gasteiger partial charge on any atom is -0.496 e. The number of anilines is 1. The molecule has 0 bridgehead atoms. The second-order valence-corrected chi connectivity index (χ2v) is 6.29. The van der Waals surface area contributed by atoms with Crippen LogP contribution in [0.15, 0.2) is 53.0 Å². The van der Waals surface area contributed by atoms with Crippen molar-refractivity contribution in [1.29, 1.82) is 0 Å². The zero-order valence-corrected chi connectivity index (χ0v) is 16.2. The quantitative estimate of drug-likeness (QED) is 0.524. The summed E-state index contributed by atoms with van der Waals surface area (Å²) in [6, 6.07) is 12.2. The smallest absolute Gasteiger partial charge is 0.338 e. The van der Waals surface area contributed by atoms with E-state index < -0.39 is 5.97 Å². The van der Waals surface area contributed by atoms with Gasteiger partial charge in [0.2, 0.25) is 5.91 Å². The number of hydrogen-bond acceptors (Lipinski definition) is 4. The molecular weight excluding hydrogens is 398 g/mol. The molecular formula is C20H20BrNO4. The Hall–Kier alpha value is -2.60. The van der Waals surface area contributed by atoms with Crippen LogP contribution in [0.5, 0.6) is 5.75 Å². The normalized spacial score (nSPS) is 10.6. The zero-order chi connectivity index (χ0) is 18.9. The van der Waals surface area contributed by atoms with Gasteiger partial charge in [-0.2, -0.15) is 0 Å².